The van der Waals surface area contributed by atoms with E-state index >= 15 is 0 Å². The van der Waals surface area contributed by atoms with E-state index in [0.29, 0.717) is 5.82 Å². The lowest BCUT2D eigenvalue weighted by Gasteiger charge is -2.11. The first-order valence-corrected chi connectivity index (χ1v) is 6.22. The SMILES string of the molecule is Cc1ccc(Nc2ncnc(NN)c2C)cc1Br. The molecule has 6 heteroatoms. The molecule has 94 valence electrons. The van der Waals surface area contributed by atoms with E-state index < -0.39 is 0 Å². The highest BCUT2D eigenvalue weighted by molar-refractivity contribution is 9.10. The molecule has 0 aliphatic rings. The van der Waals surface area contributed by atoms with Crippen molar-refractivity contribution in [1.82, 2.24) is 9.97 Å². The molecule has 1 aromatic heterocycles. The average Bonchev–Trinajstić information content (AvgIpc) is 2.36. The third kappa shape index (κ3) is 2.60. The Balaban J connectivity index is 2.31. The Kier molecular flexibility index (Phi) is 3.78. The van der Waals surface area contributed by atoms with Crippen molar-refractivity contribution < 1.29 is 0 Å². The van der Waals surface area contributed by atoms with Crippen molar-refractivity contribution in [3.63, 3.8) is 0 Å². The van der Waals surface area contributed by atoms with Gasteiger partial charge in [-0.2, -0.15) is 0 Å². The molecule has 0 bridgehead atoms. The highest BCUT2D eigenvalue weighted by atomic mass is 79.9. The van der Waals surface area contributed by atoms with Gasteiger partial charge in [-0.05, 0) is 31.5 Å². The van der Waals surface area contributed by atoms with Crippen LogP contribution in [-0.4, -0.2) is 9.97 Å². The zero-order valence-electron chi connectivity index (χ0n) is 10.2. The summed E-state index contributed by atoms with van der Waals surface area (Å²) in [5.74, 6) is 6.72. The first-order chi connectivity index (χ1) is 8.61. The molecule has 0 amide bonds. The van der Waals surface area contributed by atoms with Gasteiger partial charge < -0.3 is 10.7 Å². The van der Waals surface area contributed by atoms with Gasteiger partial charge in [0.25, 0.3) is 0 Å². The van der Waals surface area contributed by atoms with E-state index in [1.807, 2.05) is 32.0 Å². The van der Waals surface area contributed by atoms with Crippen molar-refractivity contribution in [2.45, 2.75) is 13.8 Å². The van der Waals surface area contributed by atoms with E-state index in [9.17, 15) is 0 Å². The minimum absolute atomic E-state index is 0.610. The number of anilines is 3. The Hall–Kier alpha value is -1.66. The Morgan fingerprint density at radius 3 is 2.56 bits per heavy atom. The molecule has 0 spiro atoms. The fraction of sp³-hybridized carbons (Fsp3) is 0.167. The number of aryl methyl sites for hydroxylation is 1. The summed E-state index contributed by atoms with van der Waals surface area (Å²) in [5.41, 5.74) is 5.55. The van der Waals surface area contributed by atoms with E-state index in [1.165, 1.54) is 11.9 Å². The van der Waals surface area contributed by atoms with Crippen LogP contribution < -0.4 is 16.6 Å². The van der Waals surface area contributed by atoms with Crippen LogP contribution in [0.5, 0.6) is 0 Å². The van der Waals surface area contributed by atoms with E-state index in [0.717, 1.165) is 21.5 Å². The Morgan fingerprint density at radius 2 is 1.89 bits per heavy atom. The Morgan fingerprint density at radius 1 is 1.17 bits per heavy atom. The topological polar surface area (TPSA) is 75.9 Å². The molecule has 0 atom stereocenters. The summed E-state index contributed by atoms with van der Waals surface area (Å²) in [4.78, 5) is 8.24. The molecule has 0 saturated carbocycles. The van der Waals surface area contributed by atoms with Crippen LogP contribution in [0.2, 0.25) is 0 Å². The summed E-state index contributed by atoms with van der Waals surface area (Å²) >= 11 is 3.50. The van der Waals surface area contributed by atoms with Gasteiger partial charge in [-0.15, -0.1) is 0 Å². The van der Waals surface area contributed by atoms with E-state index in [1.54, 1.807) is 0 Å². The quantitative estimate of drug-likeness (QED) is 0.600. The molecule has 0 aliphatic heterocycles. The van der Waals surface area contributed by atoms with Crippen LogP contribution in [-0.2, 0) is 0 Å². The lowest BCUT2D eigenvalue weighted by atomic mass is 10.2. The zero-order chi connectivity index (χ0) is 13.1. The van der Waals surface area contributed by atoms with E-state index in [4.69, 9.17) is 5.84 Å². The van der Waals surface area contributed by atoms with Crippen LogP contribution in [0.15, 0.2) is 29.0 Å². The van der Waals surface area contributed by atoms with Gasteiger partial charge in [0.2, 0.25) is 0 Å². The summed E-state index contributed by atoms with van der Waals surface area (Å²) in [6.07, 6.45) is 1.47. The number of benzene rings is 1. The van der Waals surface area contributed by atoms with Gasteiger partial charge in [0.05, 0.1) is 0 Å². The van der Waals surface area contributed by atoms with Gasteiger partial charge in [-0.25, -0.2) is 15.8 Å². The van der Waals surface area contributed by atoms with Crippen molar-refractivity contribution in [2.24, 2.45) is 5.84 Å². The first kappa shape index (κ1) is 12.8. The lowest BCUT2D eigenvalue weighted by Crippen LogP contribution is -2.11. The van der Waals surface area contributed by atoms with Gasteiger partial charge in [-0.3, -0.25) is 0 Å². The first-order valence-electron chi connectivity index (χ1n) is 5.43. The Bertz CT molecular complexity index is 570. The second kappa shape index (κ2) is 5.32. The molecule has 1 aromatic carbocycles. The van der Waals surface area contributed by atoms with Gasteiger partial charge in [0.15, 0.2) is 0 Å². The lowest BCUT2D eigenvalue weighted by molar-refractivity contribution is 1.10. The van der Waals surface area contributed by atoms with Gasteiger partial charge in [0.1, 0.15) is 18.0 Å². The molecular weight excluding hydrogens is 294 g/mol. The predicted molar refractivity (Wildman–Crippen MR) is 76.7 cm³/mol. The number of hydrogen-bond donors (Lipinski definition) is 3. The zero-order valence-corrected chi connectivity index (χ0v) is 11.7. The van der Waals surface area contributed by atoms with Crippen LogP contribution in [0, 0.1) is 13.8 Å². The predicted octanol–water partition coefficient (Wildman–Crippen LogP) is 2.89. The second-order valence-electron chi connectivity index (χ2n) is 3.93. The molecule has 0 saturated heterocycles. The maximum atomic E-state index is 5.38. The van der Waals surface area contributed by atoms with E-state index in [2.05, 4.69) is 36.6 Å². The highest BCUT2D eigenvalue weighted by Crippen LogP contribution is 2.25. The fourth-order valence-electron chi connectivity index (χ4n) is 1.53. The van der Waals surface area contributed by atoms with Crippen LogP contribution >= 0.6 is 15.9 Å². The third-order valence-corrected chi connectivity index (χ3v) is 3.51. The van der Waals surface area contributed by atoms with Crippen molar-refractivity contribution in [3.05, 3.63) is 40.1 Å². The standard InChI is InChI=1S/C12H14BrN5/c1-7-3-4-9(5-10(7)13)17-11-8(2)12(18-14)16-6-15-11/h3-6H,14H2,1-2H3,(H2,15,16,17,18). The maximum Gasteiger partial charge on any atom is 0.148 e. The number of nitrogens with one attached hydrogen (secondary N) is 2. The highest BCUT2D eigenvalue weighted by Gasteiger charge is 2.06. The average molecular weight is 308 g/mol. The number of hydrogen-bond acceptors (Lipinski definition) is 5. The summed E-state index contributed by atoms with van der Waals surface area (Å²) in [7, 11) is 0. The van der Waals surface area contributed by atoms with Crippen LogP contribution in [0.4, 0.5) is 17.3 Å². The summed E-state index contributed by atoms with van der Waals surface area (Å²) in [6, 6.07) is 6.04. The minimum Gasteiger partial charge on any atom is -0.340 e. The van der Waals surface area contributed by atoms with Crippen molar-refractivity contribution >= 4 is 33.3 Å². The molecule has 1 heterocycles. The molecule has 2 rings (SSSR count). The van der Waals surface area contributed by atoms with Crippen LogP contribution in [0.3, 0.4) is 0 Å². The normalized spacial score (nSPS) is 10.2. The molecule has 2 aromatic rings. The van der Waals surface area contributed by atoms with E-state index in [-0.39, 0.29) is 0 Å². The van der Waals surface area contributed by atoms with Crippen molar-refractivity contribution in [3.8, 4) is 0 Å². The molecular formula is C12H14BrN5. The van der Waals surface area contributed by atoms with Crippen molar-refractivity contribution in [1.29, 1.82) is 0 Å². The van der Waals surface area contributed by atoms with Crippen LogP contribution in [0.1, 0.15) is 11.1 Å². The summed E-state index contributed by atoms with van der Waals surface area (Å²) < 4.78 is 1.05. The number of aromatic nitrogens is 2. The van der Waals surface area contributed by atoms with Crippen molar-refractivity contribution in [2.75, 3.05) is 10.7 Å². The van der Waals surface area contributed by atoms with Gasteiger partial charge in [-0.1, -0.05) is 22.0 Å². The summed E-state index contributed by atoms with van der Waals surface area (Å²) in [6.45, 7) is 3.95. The molecule has 5 nitrogen and oxygen atoms in total. The maximum absolute atomic E-state index is 5.38. The molecule has 0 fully saturated rings. The molecule has 0 unspecified atom stereocenters. The smallest absolute Gasteiger partial charge is 0.148 e. The molecule has 0 radical (unpaired) electrons. The van der Waals surface area contributed by atoms with Gasteiger partial charge in [0, 0.05) is 15.7 Å². The van der Waals surface area contributed by atoms with Crippen LogP contribution in [0.25, 0.3) is 0 Å². The Labute approximate surface area is 114 Å². The number of nitrogens with two attached hydrogens (primary N) is 1. The monoisotopic (exact) mass is 307 g/mol. The number of nitrogens with zero attached hydrogens (tertiary/aromatic N) is 2. The third-order valence-electron chi connectivity index (χ3n) is 2.66. The number of hydrazine groups is 1. The minimum atomic E-state index is 0.610. The largest absolute Gasteiger partial charge is 0.340 e. The summed E-state index contributed by atoms with van der Waals surface area (Å²) in [5, 5.41) is 3.24. The number of rotatable bonds is 3. The second-order valence-corrected chi connectivity index (χ2v) is 4.78. The van der Waals surface area contributed by atoms with Gasteiger partial charge >= 0.3 is 0 Å². The number of halogens is 1. The number of nitrogen functional groups attached to an aromatic ring is 1. The molecule has 0 aliphatic carbocycles. The molecule has 18 heavy (non-hydrogen) atoms. The molecule has 4 N–H and O–H groups in total. The fourth-order valence-corrected chi connectivity index (χ4v) is 1.91.